The van der Waals surface area contributed by atoms with Crippen LogP contribution in [-0.2, 0) is 6.54 Å². The van der Waals surface area contributed by atoms with Crippen LogP contribution < -0.4 is 9.64 Å². The summed E-state index contributed by atoms with van der Waals surface area (Å²) in [6.45, 7) is 1.33. The second kappa shape index (κ2) is 10.1. The highest BCUT2D eigenvalue weighted by Gasteiger charge is 2.21. The molecule has 2 heterocycles. The number of aryl methyl sites for hydroxylation is 1. The zero-order chi connectivity index (χ0) is 20.2. The summed E-state index contributed by atoms with van der Waals surface area (Å²) in [4.78, 5) is 23.9. The summed E-state index contributed by atoms with van der Waals surface area (Å²) in [6.07, 6.45) is 6.25. The Morgan fingerprint density at radius 3 is 2.87 bits per heavy atom. The minimum Gasteiger partial charge on any atom is -0.497 e. The third kappa shape index (κ3) is 5.00. The second-order valence-electron chi connectivity index (χ2n) is 6.45. The van der Waals surface area contributed by atoms with Gasteiger partial charge in [-0.3, -0.25) is 9.69 Å². The lowest BCUT2D eigenvalue weighted by Crippen LogP contribution is -2.32. The summed E-state index contributed by atoms with van der Waals surface area (Å²) in [7, 11) is 1.64. The molecule has 6 nitrogen and oxygen atoms in total. The SMILES string of the molecule is COc1ccc2nc(N(CCCn3ccnc3)C(=O)c3cccc(Br)c3)sc2c1.Cl. The van der Waals surface area contributed by atoms with Gasteiger partial charge in [0.05, 0.1) is 23.7 Å². The van der Waals surface area contributed by atoms with Crippen molar-refractivity contribution in [1.82, 2.24) is 14.5 Å². The van der Waals surface area contributed by atoms with E-state index in [1.54, 1.807) is 24.5 Å². The molecule has 0 unspecified atom stereocenters. The number of thiazole rings is 1. The Morgan fingerprint density at radius 2 is 2.13 bits per heavy atom. The number of rotatable bonds is 7. The molecule has 0 aliphatic rings. The Balaban J connectivity index is 0.00000256. The quantitative estimate of drug-likeness (QED) is 0.335. The molecule has 4 aromatic rings. The van der Waals surface area contributed by atoms with Crippen LogP contribution in [0.1, 0.15) is 16.8 Å². The number of imidazole rings is 1. The van der Waals surface area contributed by atoms with Crippen molar-refractivity contribution in [1.29, 1.82) is 0 Å². The molecule has 4 rings (SSSR count). The lowest BCUT2D eigenvalue weighted by Gasteiger charge is -2.20. The summed E-state index contributed by atoms with van der Waals surface area (Å²) in [5, 5.41) is 0.684. The van der Waals surface area contributed by atoms with Crippen molar-refractivity contribution in [2.24, 2.45) is 0 Å². The normalized spacial score (nSPS) is 10.6. The van der Waals surface area contributed by atoms with Gasteiger partial charge in [0.15, 0.2) is 5.13 Å². The van der Waals surface area contributed by atoms with Gasteiger partial charge in [-0.2, -0.15) is 0 Å². The van der Waals surface area contributed by atoms with Crippen molar-refractivity contribution >= 4 is 60.9 Å². The number of anilines is 1. The average Bonchev–Trinajstić information content (AvgIpc) is 3.39. The van der Waals surface area contributed by atoms with E-state index >= 15 is 0 Å². The number of carbonyl (C=O) groups is 1. The van der Waals surface area contributed by atoms with Crippen LogP contribution in [0.15, 0.2) is 65.7 Å². The Hall–Kier alpha value is -2.42. The van der Waals surface area contributed by atoms with Gasteiger partial charge in [-0.05, 0) is 42.8 Å². The number of carbonyl (C=O) groups excluding carboxylic acids is 1. The van der Waals surface area contributed by atoms with Crippen LogP contribution in [0.25, 0.3) is 10.2 Å². The molecule has 0 spiro atoms. The standard InChI is InChI=1S/C21H19BrN4O2S.ClH/c1-28-17-6-7-18-19(13-17)29-21(24-18)26(10-3-9-25-11-8-23-14-25)20(27)15-4-2-5-16(22)12-15;/h2,4-8,11-14H,3,9-10H2,1H3;1H. The summed E-state index contributed by atoms with van der Waals surface area (Å²) in [5.74, 6) is 0.709. The largest absolute Gasteiger partial charge is 0.497 e. The summed E-state index contributed by atoms with van der Waals surface area (Å²) in [6, 6.07) is 13.2. The maximum atomic E-state index is 13.3. The van der Waals surface area contributed by atoms with E-state index < -0.39 is 0 Å². The monoisotopic (exact) mass is 506 g/mol. The molecule has 2 aromatic heterocycles. The molecule has 0 fully saturated rings. The van der Waals surface area contributed by atoms with E-state index in [0.29, 0.717) is 17.2 Å². The molecule has 0 N–H and O–H groups in total. The van der Waals surface area contributed by atoms with Crippen molar-refractivity contribution in [3.8, 4) is 5.75 Å². The fourth-order valence-electron chi connectivity index (χ4n) is 3.03. The van der Waals surface area contributed by atoms with Crippen LogP contribution in [0.2, 0.25) is 0 Å². The highest BCUT2D eigenvalue weighted by molar-refractivity contribution is 9.10. The lowest BCUT2D eigenvalue weighted by atomic mass is 10.2. The van der Waals surface area contributed by atoms with E-state index in [1.165, 1.54) is 11.3 Å². The van der Waals surface area contributed by atoms with E-state index in [9.17, 15) is 4.79 Å². The predicted molar refractivity (Wildman–Crippen MR) is 126 cm³/mol. The van der Waals surface area contributed by atoms with Crippen molar-refractivity contribution in [2.75, 3.05) is 18.6 Å². The van der Waals surface area contributed by atoms with Crippen molar-refractivity contribution in [2.45, 2.75) is 13.0 Å². The van der Waals surface area contributed by atoms with Crippen LogP contribution in [0.4, 0.5) is 5.13 Å². The van der Waals surface area contributed by atoms with Crippen LogP contribution in [0.3, 0.4) is 0 Å². The number of aromatic nitrogens is 3. The first-order chi connectivity index (χ1) is 14.1. The fraction of sp³-hybridized carbons (Fsp3) is 0.190. The molecule has 1 amide bonds. The van der Waals surface area contributed by atoms with Crippen LogP contribution in [0.5, 0.6) is 5.75 Å². The van der Waals surface area contributed by atoms with Gasteiger partial charge >= 0.3 is 0 Å². The third-order valence-corrected chi connectivity index (χ3v) is 6.02. The zero-order valence-electron chi connectivity index (χ0n) is 16.2. The van der Waals surface area contributed by atoms with Crippen molar-refractivity contribution < 1.29 is 9.53 Å². The molecule has 0 atom stereocenters. The van der Waals surface area contributed by atoms with Crippen LogP contribution in [-0.4, -0.2) is 34.1 Å². The molecular weight excluding hydrogens is 488 g/mol. The smallest absolute Gasteiger partial charge is 0.260 e. The van der Waals surface area contributed by atoms with Gasteiger partial charge in [0.1, 0.15) is 5.75 Å². The van der Waals surface area contributed by atoms with Crippen LogP contribution in [0, 0.1) is 0 Å². The lowest BCUT2D eigenvalue weighted by molar-refractivity contribution is 0.0986. The number of benzene rings is 2. The van der Waals surface area contributed by atoms with E-state index in [-0.39, 0.29) is 18.3 Å². The zero-order valence-corrected chi connectivity index (χ0v) is 19.4. The fourth-order valence-corrected chi connectivity index (χ4v) is 4.44. The maximum Gasteiger partial charge on any atom is 0.260 e. The van der Waals surface area contributed by atoms with Gasteiger partial charge in [0.25, 0.3) is 5.91 Å². The molecule has 0 radical (unpaired) electrons. The molecular formula is C21H20BrClN4O2S. The first-order valence-corrected chi connectivity index (χ1v) is 10.7. The molecule has 0 aliphatic carbocycles. The molecule has 30 heavy (non-hydrogen) atoms. The summed E-state index contributed by atoms with van der Waals surface area (Å²) in [5.41, 5.74) is 1.48. The molecule has 156 valence electrons. The minimum absolute atomic E-state index is 0. The predicted octanol–water partition coefficient (Wildman–Crippen LogP) is 5.42. The van der Waals surface area contributed by atoms with E-state index in [0.717, 1.165) is 33.4 Å². The molecule has 0 aliphatic heterocycles. The number of ether oxygens (including phenoxy) is 1. The highest BCUT2D eigenvalue weighted by atomic mass is 79.9. The van der Waals surface area contributed by atoms with Gasteiger partial charge in [0, 0.05) is 35.5 Å². The number of hydrogen-bond acceptors (Lipinski definition) is 5. The van der Waals surface area contributed by atoms with Gasteiger partial charge in [-0.15, -0.1) is 12.4 Å². The van der Waals surface area contributed by atoms with Gasteiger partial charge in [0.2, 0.25) is 0 Å². The molecule has 0 bridgehead atoms. The Labute approximate surface area is 193 Å². The number of hydrogen-bond donors (Lipinski definition) is 0. The van der Waals surface area contributed by atoms with Crippen molar-refractivity contribution in [3.05, 3.63) is 71.2 Å². The van der Waals surface area contributed by atoms with Crippen LogP contribution >= 0.6 is 39.7 Å². The summed E-state index contributed by atoms with van der Waals surface area (Å²) < 4.78 is 9.18. The van der Waals surface area contributed by atoms with E-state index in [1.807, 2.05) is 53.2 Å². The first-order valence-electron chi connectivity index (χ1n) is 9.12. The third-order valence-electron chi connectivity index (χ3n) is 4.49. The number of methoxy groups -OCH3 is 1. The van der Waals surface area contributed by atoms with E-state index in [2.05, 4.69) is 20.9 Å². The number of halogens is 2. The number of fused-ring (bicyclic) bond motifs is 1. The Morgan fingerprint density at radius 1 is 1.27 bits per heavy atom. The number of nitrogens with zero attached hydrogens (tertiary/aromatic N) is 4. The van der Waals surface area contributed by atoms with Crippen molar-refractivity contribution in [3.63, 3.8) is 0 Å². The minimum atomic E-state index is -0.0667. The topological polar surface area (TPSA) is 60.2 Å². The maximum absolute atomic E-state index is 13.3. The van der Waals surface area contributed by atoms with Gasteiger partial charge in [-0.25, -0.2) is 9.97 Å². The van der Waals surface area contributed by atoms with Gasteiger partial charge < -0.3 is 9.30 Å². The Kier molecular flexibility index (Phi) is 7.47. The molecule has 0 saturated heterocycles. The first kappa shape index (κ1) is 22.3. The molecule has 9 heteroatoms. The second-order valence-corrected chi connectivity index (χ2v) is 8.38. The van der Waals surface area contributed by atoms with E-state index in [4.69, 9.17) is 9.72 Å². The Bertz CT molecular complexity index is 1130. The highest BCUT2D eigenvalue weighted by Crippen LogP contribution is 2.32. The molecule has 2 aromatic carbocycles. The summed E-state index contributed by atoms with van der Waals surface area (Å²) >= 11 is 4.94. The average molecular weight is 508 g/mol. The molecule has 0 saturated carbocycles. The van der Waals surface area contributed by atoms with Gasteiger partial charge in [-0.1, -0.05) is 33.3 Å². The number of amides is 1.